The number of esters is 3. The highest BCUT2D eigenvalue weighted by Crippen LogP contribution is 2.15. The van der Waals surface area contributed by atoms with Crippen LogP contribution in [0.1, 0.15) is 271 Å². The minimum absolute atomic E-state index is 0.0802. The van der Waals surface area contributed by atoms with Crippen LogP contribution in [0.2, 0.25) is 0 Å². The predicted molar refractivity (Wildman–Crippen MR) is 256 cm³/mol. The molecule has 0 saturated carbocycles. The first-order chi connectivity index (χ1) is 29.5. The van der Waals surface area contributed by atoms with Crippen molar-refractivity contribution in [3.05, 3.63) is 36.5 Å². The van der Waals surface area contributed by atoms with Crippen molar-refractivity contribution in [3.63, 3.8) is 0 Å². The Bertz CT molecular complexity index is 1020. The fourth-order valence-electron chi connectivity index (χ4n) is 7.43. The van der Waals surface area contributed by atoms with E-state index in [0.717, 1.165) is 77.0 Å². The molecule has 0 aliphatic rings. The zero-order valence-electron chi connectivity index (χ0n) is 40.0. The second-order valence-corrected chi connectivity index (χ2v) is 17.5. The number of hydrogen-bond acceptors (Lipinski definition) is 6. The number of carbonyl (C=O) groups is 3. The van der Waals surface area contributed by atoms with Gasteiger partial charge in [0, 0.05) is 19.3 Å². The molecular weight excluding hydrogens is 745 g/mol. The molecule has 350 valence electrons. The number of allylic oxidation sites excluding steroid dienone is 6. The molecule has 0 aliphatic carbocycles. The first-order valence-electron chi connectivity index (χ1n) is 26.0. The van der Waals surface area contributed by atoms with Crippen molar-refractivity contribution in [2.45, 2.75) is 277 Å². The van der Waals surface area contributed by atoms with Gasteiger partial charge < -0.3 is 14.2 Å². The maximum atomic E-state index is 12.8. The summed E-state index contributed by atoms with van der Waals surface area (Å²) in [5.41, 5.74) is 0. The van der Waals surface area contributed by atoms with Crippen LogP contribution >= 0.6 is 0 Å². The fraction of sp³-hybridized carbons (Fsp3) is 0.833. The van der Waals surface area contributed by atoms with E-state index in [2.05, 4.69) is 57.2 Å². The van der Waals surface area contributed by atoms with E-state index in [9.17, 15) is 14.4 Å². The molecule has 0 rings (SSSR count). The van der Waals surface area contributed by atoms with Gasteiger partial charge in [-0.2, -0.15) is 0 Å². The van der Waals surface area contributed by atoms with Crippen LogP contribution < -0.4 is 0 Å². The molecule has 0 radical (unpaired) electrons. The molecule has 0 heterocycles. The Hall–Kier alpha value is -2.37. The summed E-state index contributed by atoms with van der Waals surface area (Å²) in [7, 11) is 0. The number of ether oxygens (including phenoxy) is 3. The highest BCUT2D eigenvalue weighted by molar-refractivity contribution is 5.71. The van der Waals surface area contributed by atoms with Crippen LogP contribution in [0.15, 0.2) is 36.5 Å². The maximum Gasteiger partial charge on any atom is 0.306 e. The largest absolute Gasteiger partial charge is 0.462 e. The summed E-state index contributed by atoms with van der Waals surface area (Å²) >= 11 is 0. The first-order valence-corrected chi connectivity index (χ1v) is 26.0. The Balaban J connectivity index is 4.39. The SMILES string of the molecule is CCCCC/C=C\C=C/CCCCCCCCC(=O)OCC(COC(=O)CCCCC/C=C\CCCCCCCC)OC(=O)CCCCCCCCCCCCCCCC. The second kappa shape index (κ2) is 49.3. The fourth-order valence-corrected chi connectivity index (χ4v) is 7.43. The van der Waals surface area contributed by atoms with Crippen LogP contribution in [0.5, 0.6) is 0 Å². The normalized spacial score (nSPS) is 12.2. The number of unbranched alkanes of at least 4 members (excludes halogenated alkanes) is 31. The smallest absolute Gasteiger partial charge is 0.306 e. The van der Waals surface area contributed by atoms with Gasteiger partial charge in [-0.15, -0.1) is 0 Å². The van der Waals surface area contributed by atoms with Crippen molar-refractivity contribution in [2.24, 2.45) is 0 Å². The summed E-state index contributed by atoms with van der Waals surface area (Å²) in [5.74, 6) is -0.896. The summed E-state index contributed by atoms with van der Waals surface area (Å²) < 4.78 is 16.8. The van der Waals surface area contributed by atoms with E-state index >= 15 is 0 Å². The summed E-state index contributed by atoms with van der Waals surface area (Å²) in [5, 5.41) is 0. The van der Waals surface area contributed by atoms with Crippen molar-refractivity contribution < 1.29 is 28.6 Å². The van der Waals surface area contributed by atoms with E-state index in [1.54, 1.807) is 0 Å². The van der Waals surface area contributed by atoms with E-state index in [0.29, 0.717) is 19.3 Å². The van der Waals surface area contributed by atoms with Crippen molar-refractivity contribution in [2.75, 3.05) is 13.2 Å². The highest BCUT2D eigenvalue weighted by Gasteiger charge is 2.19. The summed E-state index contributed by atoms with van der Waals surface area (Å²) in [6, 6.07) is 0. The van der Waals surface area contributed by atoms with Gasteiger partial charge in [0.25, 0.3) is 0 Å². The molecule has 0 aromatic carbocycles. The molecule has 0 saturated heterocycles. The zero-order chi connectivity index (χ0) is 43.7. The quantitative estimate of drug-likeness (QED) is 0.0200. The van der Waals surface area contributed by atoms with Crippen LogP contribution in [0, 0.1) is 0 Å². The molecule has 0 aromatic heterocycles. The molecule has 0 fully saturated rings. The van der Waals surface area contributed by atoms with Crippen LogP contribution in [0.25, 0.3) is 0 Å². The minimum atomic E-state index is -0.778. The molecule has 0 N–H and O–H groups in total. The molecule has 0 spiro atoms. The van der Waals surface area contributed by atoms with Gasteiger partial charge in [-0.3, -0.25) is 14.4 Å². The van der Waals surface area contributed by atoms with Gasteiger partial charge in [0.05, 0.1) is 0 Å². The van der Waals surface area contributed by atoms with Crippen LogP contribution in [-0.4, -0.2) is 37.2 Å². The van der Waals surface area contributed by atoms with Gasteiger partial charge in [-0.25, -0.2) is 0 Å². The van der Waals surface area contributed by atoms with Gasteiger partial charge in [0.2, 0.25) is 0 Å². The lowest BCUT2D eigenvalue weighted by Gasteiger charge is -2.18. The Morgan fingerprint density at radius 3 is 0.983 bits per heavy atom. The third-order valence-electron chi connectivity index (χ3n) is 11.4. The second-order valence-electron chi connectivity index (χ2n) is 17.5. The van der Waals surface area contributed by atoms with Gasteiger partial charge in [-0.05, 0) is 70.6 Å². The maximum absolute atomic E-state index is 12.8. The zero-order valence-corrected chi connectivity index (χ0v) is 40.0. The number of hydrogen-bond donors (Lipinski definition) is 0. The molecule has 6 nitrogen and oxygen atoms in total. The van der Waals surface area contributed by atoms with E-state index in [-0.39, 0.29) is 31.1 Å². The molecule has 0 aromatic rings. The molecule has 0 aliphatic heterocycles. The average molecular weight is 843 g/mol. The van der Waals surface area contributed by atoms with Gasteiger partial charge in [0.1, 0.15) is 13.2 Å². The van der Waals surface area contributed by atoms with Crippen LogP contribution in [-0.2, 0) is 28.6 Å². The lowest BCUT2D eigenvalue weighted by molar-refractivity contribution is -0.167. The Kier molecular flexibility index (Phi) is 47.3. The lowest BCUT2D eigenvalue weighted by Crippen LogP contribution is -2.30. The van der Waals surface area contributed by atoms with Crippen molar-refractivity contribution >= 4 is 17.9 Å². The minimum Gasteiger partial charge on any atom is -0.462 e. The number of carbonyl (C=O) groups excluding carboxylic acids is 3. The molecule has 60 heavy (non-hydrogen) atoms. The lowest BCUT2D eigenvalue weighted by atomic mass is 10.0. The van der Waals surface area contributed by atoms with Crippen LogP contribution in [0.3, 0.4) is 0 Å². The number of rotatable bonds is 47. The van der Waals surface area contributed by atoms with E-state index in [1.807, 2.05) is 0 Å². The third-order valence-corrected chi connectivity index (χ3v) is 11.4. The Morgan fingerprint density at radius 2 is 0.600 bits per heavy atom. The highest BCUT2D eigenvalue weighted by atomic mass is 16.6. The van der Waals surface area contributed by atoms with Gasteiger partial charge in [-0.1, -0.05) is 218 Å². The molecular formula is C54H98O6. The monoisotopic (exact) mass is 843 g/mol. The summed E-state index contributed by atoms with van der Waals surface area (Å²) in [6.45, 7) is 6.60. The van der Waals surface area contributed by atoms with Gasteiger partial charge in [0.15, 0.2) is 6.10 Å². The van der Waals surface area contributed by atoms with Gasteiger partial charge >= 0.3 is 17.9 Å². The molecule has 0 amide bonds. The van der Waals surface area contributed by atoms with E-state index < -0.39 is 6.10 Å². The third kappa shape index (κ3) is 46.7. The first kappa shape index (κ1) is 57.6. The molecule has 0 bridgehead atoms. The van der Waals surface area contributed by atoms with Crippen molar-refractivity contribution in [1.82, 2.24) is 0 Å². The standard InChI is InChI=1S/C54H98O6/c1-4-7-10-13-16-19-22-25-27-30-32-35-38-41-44-47-53(56)59-50-51(49-58-52(55)46-43-40-37-34-31-28-24-21-18-15-12-9-6-3)60-54(57)48-45-42-39-36-33-29-26-23-20-17-14-11-8-5-2/h16,19,22,25,28,31,51H,4-15,17-18,20-21,23-24,26-27,29-30,32-50H2,1-3H3/b19-16-,25-22-,31-28-. The van der Waals surface area contributed by atoms with E-state index in [4.69, 9.17) is 14.2 Å². The summed E-state index contributed by atoms with van der Waals surface area (Å²) in [6.07, 6.45) is 56.9. The average Bonchev–Trinajstić information content (AvgIpc) is 3.24. The Morgan fingerprint density at radius 1 is 0.333 bits per heavy atom. The summed E-state index contributed by atoms with van der Waals surface area (Å²) in [4.78, 5) is 37.9. The van der Waals surface area contributed by atoms with Crippen molar-refractivity contribution in [3.8, 4) is 0 Å². The topological polar surface area (TPSA) is 78.9 Å². The van der Waals surface area contributed by atoms with E-state index in [1.165, 1.54) is 154 Å². The Labute approximate surface area is 372 Å². The molecule has 1 atom stereocenters. The molecule has 6 heteroatoms. The van der Waals surface area contributed by atoms with Crippen molar-refractivity contribution in [1.29, 1.82) is 0 Å². The predicted octanol–water partition coefficient (Wildman–Crippen LogP) is 16.9. The molecule has 1 unspecified atom stereocenters. The van der Waals surface area contributed by atoms with Crippen LogP contribution in [0.4, 0.5) is 0 Å².